The van der Waals surface area contributed by atoms with E-state index in [2.05, 4.69) is 11.9 Å². The average molecular weight is 335 g/mol. The zero-order valence-corrected chi connectivity index (χ0v) is 15.0. The van der Waals surface area contributed by atoms with Crippen LogP contribution in [0.2, 0.25) is 0 Å². The Bertz CT molecular complexity index is 671. The molecule has 0 aromatic carbocycles. The number of hydrogen-bond donors (Lipinski definition) is 0. The van der Waals surface area contributed by atoms with Crippen LogP contribution in [0.1, 0.15) is 56.8 Å². The molecule has 2 aliphatic rings. The first-order valence-corrected chi connectivity index (χ1v) is 9.55. The molecule has 1 fully saturated rings. The molecule has 23 heavy (non-hydrogen) atoms. The van der Waals surface area contributed by atoms with Gasteiger partial charge in [0.1, 0.15) is 0 Å². The number of thioether (sulfide) groups is 1. The molecule has 0 radical (unpaired) electrons. The van der Waals surface area contributed by atoms with E-state index in [1.165, 1.54) is 6.42 Å². The van der Waals surface area contributed by atoms with Crippen molar-refractivity contribution in [1.29, 1.82) is 0 Å². The Morgan fingerprint density at radius 1 is 1.39 bits per heavy atom. The molecule has 1 saturated heterocycles. The standard InChI is InChI=1S/C17H25N3O2S/c1-4-14-12(3)18-17-20(16(14)22)13(10-23-17)9-15(21)19-8-6-5-7-11(19)2/h11,13H,4-10H2,1-3H3. The molecule has 0 aliphatic carbocycles. The molecule has 3 rings (SSSR count). The summed E-state index contributed by atoms with van der Waals surface area (Å²) < 4.78 is 1.77. The molecule has 5 nitrogen and oxygen atoms in total. The van der Waals surface area contributed by atoms with Gasteiger partial charge >= 0.3 is 0 Å². The number of aromatic nitrogens is 2. The van der Waals surface area contributed by atoms with E-state index >= 15 is 0 Å². The number of rotatable bonds is 3. The molecule has 1 aromatic rings. The number of carbonyl (C=O) groups is 1. The third-order valence-electron chi connectivity index (χ3n) is 5.04. The van der Waals surface area contributed by atoms with Gasteiger partial charge in [-0.2, -0.15) is 0 Å². The molecule has 0 N–H and O–H groups in total. The van der Waals surface area contributed by atoms with Gasteiger partial charge in [-0.3, -0.25) is 14.2 Å². The fraction of sp³-hybridized carbons (Fsp3) is 0.706. The first kappa shape index (κ1) is 16.6. The molecule has 0 spiro atoms. The maximum absolute atomic E-state index is 12.7. The van der Waals surface area contributed by atoms with Crippen LogP contribution in [0.15, 0.2) is 9.95 Å². The summed E-state index contributed by atoms with van der Waals surface area (Å²) in [6, 6.07) is 0.270. The summed E-state index contributed by atoms with van der Waals surface area (Å²) in [5.74, 6) is 0.948. The first-order valence-electron chi connectivity index (χ1n) is 8.57. The quantitative estimate of drug-likeness (QED) is 0.797. The lowest BCUT2D eigenvalue weighted by Crippen LogP contribution is -2.43. The number of amides is 1. The Kier molecular flexibility index (Phi) is 4.80. The number of hydrogen-bond acceptors (Lipinski definition) is 4. The van der Waals surface area contributed by atoms with Gasteiger partial charge in [-0.05, 0) is 39.5 Å². The Labute approximate surface area is 141 Å². The minimum absolute atomic E-state index is 0.0458. The van der Waals surface area contributed by atoms with E-state index in [9.17, 15) is 9.59 Å². The molecular weight excluding hydrogens is 310 g/mol. The minimum Gasteiger partial charge on any atom is -0.340 e. The molecule has 1 aromatic heterocycles. The molecule has 2 aliphatic heterocycles. The normalized spacial score (nSPS) is 23.9. The van der Waals surface area contributed by atoms with Crippen molar-refractivity contribution in [1.82, 2.24) is 14.5 Å². The molecular formula is C17H25N3O2S. The van der Waals surface area contributed by atoms with Gasteiger partial charge in [0.25, 0.3) is 5.56 Å². The first-order chi connectivity index (χ1) is 11.0. The van der Waals surface area contributed by atoms with Crippen LogP contribution in [0.3, 0.4) is 0 Å². The summed E-state index contributed by atoms with van der Waals surface area (Å²) in [7, 11) is 0. The molecule has 2 unspecified atom stereocenters. The van der Waals surface area contributed by atoms with Gasteiger partial charge in [0, 0.05) is 36.0 Å². The lowest BCUT2D eigenvalue weighted by Gasteiger charge is -2.34. The predicted octanol–water partition coefficient (Wildman–Crippen LogP) is 2.55. The van der Waals surface area contributed by atoms with Crippen molar-refractivity contribution in [3.8, 4) is 0 Å². The Morgan fingerprint density at radius 3 is 2.87 bits per heavy atom. The van der Waals surface area contributed by atoms with Crippen molar-refractivity contribution in [2.75, 3.05) is 12.3 Å². The van der Waals surface area contributed by atoms with Crippen molar-refractivity contribution in [2.45, 2.75) is 70.1 Å². The van der Waals surface area contributed by atoms with Gasteiger partial charge in [-0.15, -0.1) is 0 Å². The summed E-state index contributed by atoms with van der Waals surface area (Å²) in [6.45, 7) is 6.86. The lowest BCUT2D eigenvalue weighted by molar-refractivity contribution is -0.135. The molecule has 6 heteroatoms. The van der Waals surface area contributed by atoms with E-state index < -0.39 is 0 Å². The number of carbonyl (C=O) groups excluding carboxylic acids is 1. The summed E-state index contributed by atoms with van der Waals surface area (Å²) in [5, 5.41) is 0.772. The van der Waals surface area contributed by atoms with Gasteiger partial charge in [-0.25, -0.2) is 4.98 Å². The van der Waals surface area contributed by atoms with Crippen molar-refractivity contribution in [2.24, 2.45) is 0 Å². The molecule has 3 heterocycles. The molecule has 126 valence electrons. The van der Waals surface area contributed by atoms with Crippen LogP contribution in [0.25, 0.3) is 0 Å². The highest BCUT2D eigenvalue weighted by Crippen LogP contribution is 2.33. The van der Waals surface area contributed by atoms with E-state index in [1.54, 1.807) is 16.3 Å². The molecule has 0 saturated carbocycles. The SMILES string of the molecule is CCc1c(C)nc2n(c1=O)C(CC(=O)N1CCCCC1C)CS2. The number of aryl methyl sites for hydroxylation is 1. The zero-order chi connectivity index (χ0) is 16.6. The third-order valence-corrected chi connectivity index (χ3v) is 6.14. The topological polar surface area (TPSA) is 55.2 Å². The van der Waals surface area contributed by atoms with E-state index in [0.29, 0.717) is 18.9 Å². The van der Waals surface area contributed by atoms with E-state index in [-0.39, 0.29) is 17.5 Å². The highest BCUT2D eigenvalue weighted by Gasteiger charge is 2.32. The van der Waals surface area contributed by atoms with Crippen molar-refractivity contribution in [3.63, 3.8) is 0 Å². The Balaban J connectivity index is 1.82. The van der Waals surface area contributed by atoms with Crippen LogP contribution in [-0.2, 0) is 11.2 Å². The minimum atomic E-state index is -0.0532. The van der Waals surface area contributed by atoms with Gasteiger partial charge in [0.05, 0.1) is 6.04 Å². The Hall–Kier alpha value is -1.30. The number of likely N-dealkylation sites (tertiary alicyclic amines) is 1. The van der Waals surface area contributed by atoms with Crippen LogP contribution in [-0.4, -0.2) is 38.7 Å². The van der Waals surface area contributed by atoms with Gasteiger partial charge in [0.15, 0.2) is 5.16 Å². The fourth-order valence-corrected chi connectivity index (χ4v) is 4.85. The second-order valence-corrected chi connectivity index (χ2v) is 7.58. The van der Waals surface area contributed by atoms with Crippen LogP contribution < -0.4 is 5.56 Å². The summed E-state index contributed by atoms with van der Waals surface area (Å²) >= 11 is 1.59. The second kappa shape index (κ2) is 6.67. The van der Waals surface area contributed by atoms with Crippen LogP contribution in [0.5, 0.6) is 0 Å². The maximum atomic E-state index is 12.7. The number of nitrogens with zero attached hydrogens (tertiary/aromatic N) is 3. The van der Waals surface area contributed by atoms with Gasteiger partial charge in [-0.1, -0.05) is 18.7 Å². The predicted molar refractivity (Wildman–Crippen MR) is 92.0 cm³/mol. The van der Waals surface area contributed by atoms with E-state index in [1.807, 2.05) is 18.7 Å². The molecule has 0 bridgehead atoms. The van der Waals surface area contributed by atoms with E-state index in [0.717, 1.165) is 41.6 Å². The highest BCUT2D eigenvalue weighted by molar-refractivity contribution is 7.99. The largest absolute Gasteiger partial charge is 0.340 e. The summed E-state index contributed by atoms with van der Waals surface area (Å²) in [5.41, 5.74) is 1.65. The maximum Gasteiger partial charge on any atom is 0.257 e. The Morgan fingerprint density at radius 2 is 2.17 bits per heavy atom. The smallest absolute Gasteiger partial charge is 0.257 e. The third kappa shape index (κ3) is 3.05. The summed E-state index contributed by atoms with van der Waals surface area (Å²) in [6.07, 6.45) is 4.48. The van der Waals surface area contributed by atoms with Gasteiger partial charge < -0.3 is 4.90 Å². The molecule has 1 amide bonds. The fourth-order valence-electron chi connectivity index (χ4n) is 3.67. The van der Waals surface area contributed by atoms with Crippen LogP contribution in [0.4, 0.5) is 0 Å². The van der Waals surface area contributed by atoms with Crippen molar-refractivity contribution >= 4 is 17.7 Å². The monoisotopic (exact) mass is 335 g/mol. The zero-order valence-electron chi connectivity index (χ0n) is 14.2. The number of fused-ring (bicyclic) bond motifs is 1. The van der Waals surface area contributed by atoms with Crippen LogP contribution >= 0.6 is 11.8 Å². The van der Waals surface area contributed by atoms with Crippen molar-refractivity contribution < 1.29 is 4.79 Å². The summed E-state index contributed by atoms with van der Waals surface area (Å²) in [4.78, 5) is 32.0. The highest BCUT2D eigenvalue weighted by atomic mass is 32.2. The van der Waals surface area contributed by atoms with Crippen molar-refractivity contribution in [3.05, 3.63) is 21.6 Å². The average Bonchev–Trinajstić information content (AvgIpc) is 2.90. The van der Waals surface area contributed by atoms with Crippen LogP contribution in [0, 0.1) is 6.92 Å². The van der Waals surface area contributed by atoms with E-state index in [4.69, 9.17) is 0 Å². The second-order valence-electron chi connectivity index (χ2n) is 6.59. The van der Waals surface area contributed by atoms with Gasteiger partial charge in [0.2, 0.25) is 5.91 Å². The number of piperidine rings is 1. The lowest BCUT2D eigenvalue weighted by atomic mass is 10.0. The molecule has 2 atom stereocenters.